The standard InChI is InChI=1S/C12H17N3O4.ClH/c1-18-8-3-4-10(19-2)9(5-8)15-12(17)7-14-11(16)6-13;/h3-5H,6-7,13H2,1-2H3,(H,14,16)(H,15,17);1H. The summed E-state index contributed by atoms with van der Waals surface area (Å²) in [7, 11) is 3.02. The highest BCUT2D eigenvalue weighted by molar-refractivity contribution is 5.96. The van der Waals surface area contributed by atoms with Crippen molar-refractivity contribution in [1.82, 2.24) is 5.32 Å². The lowest BCUT2D eigenvalue weighted by molar-refractivity contribution is -0.123. The highest BCUT2D eigenvalue weighted by atomic mass is 35.5. The van der Waals surface area contributed by atoms with Gasteiger partial charge in [0.25, 0.3) is 0 Å². The Hall–Kier alpha value is -1.99. The Labute approximate surface area is 123 Å². The number of nitrogens with two attached hydrogens (primary N) is 1. The maximum Gasteiger partial charge on any atom is 0.243 e. The molecule has 7 nitrogen and oxygen atoms in total. The molecule has 0 saturated carbocycles. The van der Waals surface area contributed by atoms with Crippen LogP contribution >= 0.6 is 12.4 Å². The van der Waals surface area contributed by atoms with E-state index in [1.54, 1.807) is 18.2 Å². The van der Waals surface area contributed by atoms with Crippen LogP contribution in [0.2, 0.25) is 0 Å². The van der Waals surface area contributed by atoms with Gasteiger partial charge in [-0.3, -0.25) is 9.59 Å². The number of carbonyl (C=O) groups excluding carboxylic acids is 2. The molecule has 0 spiro atoms. The minimum Gasteiger partial charge on any atom is -0.497 e. The van der Waals surface area contributed by atoms with Crippen LogP contribution < -0.4 is 25.8 Å². The second-order valence-electron chi connectivity index (χ2n) is 3.60. The predicted molar refractivity (Wildman–Crippen MR) is 77.5 cm³/mol. The topological polar surface area (TPSA) is 103 Å². The summed E-state index contributed by atoms with van der Waals surface area (Å²) >= 11 is 0. The van der Waals surface area contributed by atoms with Gasteiger partial charge in [-0.15, -0.1) is 12.4 Å². The molecule has 0 radical (unpaired) electrons. The molecule has 112 valence electrons. The third-order valence-electron chi connectivity index (χ3n) is 2.31. The van der Waals surface area contributed by atoms with Crippen LogP contribution in [0.15, 0.2) is 18.2 Å². The molecule has 4 N–H and O–H groups in total. The van der Waals surface area contributed by atoms with Gasteiger partial charge in [-0.05, 0) is 12.1 Å². The van der Waals surface area contributed by atoms with E-state index in [9.17, 15) is 9.59 Å². The smallest absolute Gasteiger partial charge is 0.243 e. The highest BCUT2D eigenvalue weighted by Gasteiger charge is 2.09. The van der Waals surface area contributed by atoms with E-state index in [4.69, 9.17) is 15.2 Å². The van der Waals surface area contributed by atoms with Crippen molar-refractivity contribution < 1.29 is 19.1 Å². The molecule has 1 rings (SSSR count). The van der Waals surface area contributed by atoms with Crippen molar-refractivity contribution in [2.24, 2.45) is 5.73 Å². The van der Waals surface area contributed by atoms with Crippen LogP contribution in [0.4, 0.5) is 5.69 Å². The average molecular weight is 304 g/mol. The van der Waals surface area contributed by atoms with Gasteiger partial charge in [0.2, 0.25) is 11.8 Å². The molecule has 8 heteroatoms. The predicted octanol–water partition coefficient (Wildman–Crippen LogP) is 0.139. The van der Waals surface area contributed by atoms with E-state index in [1.807, 2.05) is 0 Å². The number of amides is 2. The third-order valence-corrected chi connectivity index (χ3v) is 2.31. The van der Waals surface area contributed by atoms with E-state index < -0.39 is 5.91 Å². The number of carbonyl (C=O) groups is 2. The lowest BCUT2D eigenvalue weighted by Crippen LogP contribution is -2.36. The fourth-order valence-electron chi connectivity index (χ4n) is 1.36. The van der Waals surface area contributed by atoms with Gasteiger partial charge in [0.15, 0.2) is 0 Å². The zero-order valence-electron chi connectivity index (χ0n) is 11.3. The van der Waals surface area contributed by atoms with Gasteiger partial charge in [0, 0.05) is 6.07 Å². The van der Waals surface area contributed by atoms with Crippen molar-refractivity contribution in [2.75, 3.05) is 32.6 Å². The normalized spacial score (nSPS) is 9.15. The van der Waals surface area contributed by atoms with Gasteiger partial charge in [-0.2, -0.15) is 0 Å². The second kappa shape index (κ2) is 9.00. The van der Waals surface area contributed by atoms with E-state index >= 15 is 0 Å². The van der Waals surface area contributed by atoms with E-state index in [2.05, 4.69) is 10.6 Å². The Balaban J connectivity index is 0.00000361. The number of hydrogen-bond donors (Lipinski definition) is 3. The van der Waals surface area contributed by atoms with Gasteiger partial charge >= 0.3 is 0 Å². The zero-order chi connectivity index (χ0) is 14.3. The van der Waals surface area contributed by atoms with Crippen molar-refractivity contribution >= 4 is 29.9 Å². The molecule has 0 aliphatic rings. The monoisotopic (exact) mass is 303 g/mol. The van der Waals surface area contributed by atoms with Crippen molar-refractivity contribution in [1.29, 1.82) is 0 Å². The van der Waals surface area contributed by atoms with E-state index in [-0.39, 0.29) is 31.4 Å². The van der Waals surface area contributed by atoms with E-state index in [0.29, 0.717) is 17.2 Å². The fraction of sp³-hybridized carbons (Fsp3) is 0.333. The molecule has 0 aliphatic heterocycles. The van der Waals surface area contributed by atoms with Crippen LogP contribution in [0.5, 0.6) is 11.5 Å². The third kappa shape index (κ3) is 5.33. The Morgan fingerprint density at radius 1 is 1.20 bits per heavy atom. The molecule has 0 unspecified atom stereocenters. The molecular formula is C12H18ClN3O4. The summed E-state index contributed by atoms with van der Waals surface area (Å²) in [5.74, 6) is 0.308. The van der Waals surface area contributed by atoms with E-state index in [1.165, 1.54) is 14.2 Å². The van der Waals surface area contributed by atoms with Crippen LogP contribution in [0.3, 0.4) is 0 Å². The van der Waals surface area contributed by atoms with Crippen LogP contribution in [0, 0.1) is 0 Å². The molecule has 0 aliphatic carbocycles. The number of ether oxygens (including phenoxy) is 2. The lowest BCUT2D eigenvalue weighted by Gasteiger charge is -2.12. The quantitative estimate of drug-likeness (QED) is 0.693. The summed E-state index contributed by atoms with van der Waals surface area (Å²) < 4.78 is 10.2. The molecule has 0 atom stereocenters. The Morgan fingerprint density at radius 3 is 2.45 bits per heavy atom. The summed E-state index contributed by atoms with van der Waals surface area (Å²) in [6.45, 7) is -0.313. The summed E-state index contributed by atoms with van der Waals surface area (Å²) in [5.41, 5.74) is 5.58. The SMILES string of the molecule is COc1ccc(OC)c(NC(=O)CNC(=O)CN)c1.Cl. The highest BCUT2D eigenvalue weighted by Crippen LogP contribution is 2.28. The number of methoxy groups -OCH3 is 2. The van der Waals surface area contributed by atoms with Crippen LogP contribution in [0.1, 0.15) is 0 Å². The molecule has 2 amide bonds. The van der Waals surface area contributed by atoms with Crippen LogP contribution in [-0.4, -0.2) is 39.1 Å². The van der Waals surface area contributed by atoms with Crippen LogP contribution in [0.25, 0.3) is 0 Å². The Morgan fingerprint density at radius 2 is 1.90 bits per heavy atom. The zero-order valence-corrected chi connectivity index (χ0v) is 12.1. The second-order valence-corrected chi connectivity index (χ2v) is 3.60. The maximum atomic E-state index is 11.6. The molecule has 1 aromatic carbocycles. The first-order valence-electron chi connectivity index (χ1n) is 5.59. The van der Waals surface area contributed by atoms with Crippen molar-refractivity contribution in [2.45, 2.75) is 0 Å². The number of nitrogens with one attached hydrogen (secondary N) is 2. The van der Waals surface area contributed by atoms with Gasteiger partial charge in [0.1, 0.15) is 11.5 Å². The van der Waals surface area contributed by atoms with Gasteiger partial charge in [-0.25, -0.2) is 0 Å². The number of rotatable bonds is 6. The van der Waals surface area contributed by atoms with Crippen molar-refractivity contribution in [3.05, 3.63) is 18.2 Å². The molecule has 0 aromatic heterocycles. The van der Waals surface area contributed by atoms with Gasteiger partial charge < -0.3 is 25.8 Å². The number of hydrogen-bond acceptors (Lipinski definition) is 5. The van der Waals surface area contributed by atoms with E-state index in [0.717, 1.165) is 0 Å². The summed E-state index contributed by atoms with van der Waals surface area (Å²) in [5, 5.41) is 4.99. The number of benzene rings is 1. The van der Waals surface area contributed by atoms with Gasteiger partial charge in [-0.1, -0.05) is 0 Å². The molecule has 1 aromatic rings. The summed E-state index contributed by atoms with van der Waals surface area (Å²) in [4.78, 5) is 22.6. The summed E-state index contributed by atoms with van der Waals surface area (Å²) in [6.07, 6.45) is 0. The molecule has 0 saturated heterocycles. The molecular weight excluding hydrogens is 286 g/mol. The maximum absolute atomic E-state index is 11.6. The van der Waals surface area contributed by atoms with Crippen LogP contribution in [-0.2, 0) is 9.59 Å². The number of anilines is 1. The van der Waals surface area contributed by atoms with Crippen molar-refractivity contribution in [3.8, 4) is 11.5 Å². The minimum absolute atomic E-state index is 0. The first-order chi connectivity index (χ1) is 9.10. The fourth-order valence-corrected chi connectivity index (χ4v) is 1.36. The first-order valence-corrected chi connectivity index (χ1v) is 5.59. The molecule has 0 fully saturated rings. The number of halogens is 1. The molecule has 0 heterocycles. The largest absolute Gasteiger partial charge is 0.497 e. The van der Waals surface area contributed by atoms with Crippen molar-refractivity contribution in [3.63, 3.8) is 0 Å². The average Bonchev–Trinajstić information content (AvgIpc) is 2.44. The van der Waals surface area contributed by atoms with Gasteiger partial charge in [0.05, 0.1) is 33.0 Å². The molecule has 0 bridgehead atoms. The Kier molecular flexibility index (Phi) is 8.10. The first kappa shape index (κ1) is 18.0. The molecule has 20 heavy (non-hydrogen) atoms. The minimum atomic E-state index is -0.396. The summed E-state index contributed by atoms with van der Waals surface area (Å²) in [6, 6.07) is 5.01. The Bertz CT molecular complexity index is 468. The lowest BCUT2D eigenvalue weighted by atomic mass is 10.2.